The topological polar surface area (TPSA) is 53.0 Å². The van der Waals surface area contributed by atoms with Crippen LogP contribution in [-0.4, -0.2) is 55.3 Å². The maximum Gasteiger partial charge on any atom is 0.321 e. The summed E-state index contributed by atoms with van der Waals surface area (Å²) >= 11 is 0. The number of carboxylic acid groups (broad SMARTS) is 1. The van der Waals surface area contributed by atoms with Gasteiger partial charge in [0.2, 0.25) is 0 Å². The Morgan fingerprint density at radius 2 is 1.81 bits per heavy atom. The average molecular weight is 354 g/mol. The lowest BCUT2D eigenvalue weighted by Gasteiger charge is -2.39. The van der Waals surface area contributed by atoms with Gasteiger partial charge in [0.25, 0.3) is 0 Å². The Morgan fingerprint density at radius 1 is 1.12 bits per heavy atom. The predicted octanol–water partition coefficient (Wildman–Crippen LogP) is 2.82. The maximum atomic E-state index is 11.9. The highest BCUT2D eigenvalue weighted by molar-refractivity contribution is 5.74. The average Bonchev–Trinajstić information content (AvgIpc) is 2.67. The van der Waals surface area contributed by atoms with Crippen LogP contribution in [0.3, 0.4) is 0 Å². The number of rotatable bonds is 6. The summed E-state index contributed by atoms with van der Waals surface area (Å²) in [6, 6.07) is 15.7. The quantitative estimate of drug-likeness (QED) is 0.864. The molecular formula is C21H26N2O3. The van der Waals surface area contributed by atoms with E-state index in [0.717, 1.165) is 43.1 Å². The third-order valence-corrected chi connectivity index (χ3v) is 5.01. The van der Waals surface area contributed by atoms with Crippen molar-refractivity contribution in [2.45, 2.75) is 19.4 Å². The molecule has 0 aliphatic carbocycles. The van der Waals surface area contributed by atoms with E-state index in [1.807, 2.05) is 43.3 Å². The fourth-order valence-corrected chi connectivity index (χ4v) is 3.58. The molecule has 0 bridgehead atoms. The van der Waals surface area contributed by atoms with E-state index in [1.165, 1.54) is 5.69 Å². The lowest BCUT2D eigenvalue weighted by molar-refractivity contribution is -0.143. The van der Waals surface area contributed by atoms with Gasteiger partial charge < -0.3 is 14.7 Å². The molecule has 0 saturated carbocycles. The number of benzene rings is 2. The number of piperazine rings is 1. The lowest BCUT2D eigenvalue weighted by Crippen LogP contribution is -2.53. The Hall–Kier alpha value is -2.53. The highest BCUT2D eigenvalue weighted by atomic mass is 16.5. The molecule has 1 saturated heterocycles. The molecule has 1 N–H and O–H groups in total. The summed E-state index contributed by atoms with van der Waals surface area (Å²) in [6.45, 7) is 5.15. The van der Waals surface area contributed by atoms with Gasteiger partial charge in [-0.05, 0) is 30.7 Å². The Bertz CT molecular complexity index is 740. The number of para-hydroxylation sites is 1. The minimum atomic E-state index is -0.776. The van der Waals surface area contributed by atoms with E-state index >= 15 is 0 Å². The highest BCUT2D eigenvalue weighted by Gasteiger charge is 2.30. The van der Waals surface area contributed by atoms with Gasteiger partial charge in [-0.3, -0.25) is 9.69 Å². The molecule has 5 heteroatoms. The van der Waals surface area contributed by atoms with Crippen molar-refractivity contribution in [1.82, 2.24) is 4.90 Å². The molecule has 0 radical (unpaired) electrons. The van der Waals surface area contributed by atoms with Crippen molar-refractivity contribution in [3.8, 4) is 5.75 Å². The first-order valence-electron chi connectivity index (χ1n) is 8.99. The molecule has 2 aromatic rings. The zero-order valence-electron chi connectivity index (χ0n) is 15.4. The maximum absolute atomic E-state index is 11.9. The molecular weight excluding hydrogens is 328 g/mol. The molecule has 1 aliphatic heterocycles. The molecule has 2 aromatic carbocycles. The van der Waals surface area contributed by atoms with Gasteiger partial charge >= 0.3 is 5.97 Å². The molecule has 26 heavy (non-hydrogen) atoms. The number of carboxylic acids is 1. The molecule has 3 rings (SSSR count). The van der Waals surface area contributed by atoms with Gasteiger partial charge in [0.1, 0.15) is 11.8 Å². The minimum absolute atomic E-state index is 0.450. The first-order chi connectivity index (χ1) is 12.6. The van der Waals surface area contributed by atoms with Crippen LogP contribution in [0.5, 0.6) is 5.75 Å². The SMILES string of the molecule is COc1ccc(C)cc1CC(C(=O)O)N1CCN(c2ccccc2)CC1. The van der Waals surface area contributed by atoms with Crippen LogP contribution >= 0.6 is 0 Å². The fraction of sp³-hybridized carbons (Fsp3) is 0.381. The van der Waals surface area contributed by atoms with Crippen LogP contribution in [0, 0.1) is 6.92 Å². The zero-order valence-corrected chi connectivity index (χ0v) is 15.4. The first-order valence-corrected chi connectivity index (χ1v) is 8.99. The molecule has 1 atom stereocenters. The van der Waals surface area contributed by atoms with Crippen LogP contribution in [0.15, 0.2) is 48.5 Å². The molecule has 5 nitrogen and oxygen atoms in total. The Kier molecular flexibility index (Phi) is 5.78. The number of aryl methyl sites for hydroxylation is 1. The summed E-state index contributed by atoms with van der Waals surface area (Å²) in [5.41, 5.74) is 3.25. The van der Waals surface area contributed by atoms with E-state index in [9.17, 15) is 9.90 Å². The Morgan fingerprint density at radius 3 is 2.42 bits per heavy atom. The number of nitrogens with zero attached hydrogens (tertiary/aromatic N) is 2. The smallest absolute Gasteiger partial charge is 0.321 e. The van der Waals surface area contributed by atoms with Gasteiger partial charge in [-0.1, -0.05) is 35.9 Å². The summed E-state index contributed by atoms with van der Waals surface area (Å²) in [7, 11) is 1.63. The van der Waals surface area contributed by atoms with E-state index in [1.54, 1.807) is 7.11 Å². The van der Waals surface area contributed by atoms with Crippen molar-refractivity contribution in [2.24, 2.45) is 0 Å². The second-order valence-electron chi connectivity index (χ2n) is 6.73. The van der Waals surface area contributed by atoms with Crippen molar-refractivity contribution in [3.05, 3.63) is 59.7 Å². The van der Waals surface area contributed by atoms with E-state index in [2.05, 4.69) is 21.9 Å². The fourth-order valence-electron chi connectivity index (χ4n) is 3.58. The predicted molar refractivity (Wildman–Crippen MR) is 103 cm³/mol. The van der Waals surface area contributed by atoms with E-state index in [0.29, 0.717) is 6.42 Å². The molecule has 0 amide bonds. The molecule has 0 spiro atoms. The van der Waals surface area contributed by atoms with Crippen LogP contribution in [0.2, 0.25) is 0 Å². The third-order valence-electron chi connectivity index (χ3n) is 5.01. The van der Waals surface area contributed by atoms with E-state index in [4.69, 9.17) is 4.74 Å². The Balaban J connectivity index is 1.70. The highest BCUT2D eigenvalue weighted by Crippen LogP contribution is 2.24. The molecule has 1 fully saturated rings. The van der Waals surface area contributed by atoms with Crippen LogP contribution in [0.4, 0.5) is 5.69 Å². The number of methoxy groups -OCH3 is 1. The van der Waals surface area contributed by atoms with Gasteiger partial charge in [0, 0.05) is 38.3 Å². The van der Waals surface area contributed by atoms with Gasteiger partial charge in [-0.15, -0.1) is 0 Å². The number of ether oxygens (including phenoxy) is 1. The molecule has 1 aliphatic rings. The summed E-state index contributed by atoms with van der Waals surface area (Å²) < 4.78 is 5.42. The summed E-state index contributed by atoms with van der Waals surface area (Å²) in [5.74, 6) is -0.0218. The van der Waals surface area contributed by atoms with E-state index in [-0.39, 0.29) is 0 Å². The monoisotopic (exact) mass is 354 g/mol. The lowest BCUT2D eigenvalue weighted by atomic mass is 10.0. The van der Waals surface area contributed by atoms with Crippen molar-refractivity contribution >= 4 is 11.7 Å². The minimum Gasteiger partial charge on any atom is -0.496 e. The third kappa shape index (κ3) is 4.17. The normalized spacial score (nSPS) is 16.3. The second kappa shape index (κ2) is 8.23. The first kappa shape index (κ1) is 18.3. The van der Waals surface area contributed by atoms with Crippen LogP contribution in [0.25, 0.3) is 0 Å². The molecule has 138 valence electrons. The summed E-state index contributed by atoms with van der Waals surface area (Å²) in [6.07, 6.45) is 0.450. The van der Waals surface area contributed by atoms with Gasteiger partial charge in [-0.2, -0.15) is 0 Å². The number of hydrogen-bond acceptors (Lipinski definition) is 4. The Labute approximate surface area is 154 Å². The van der Waals surface area contributed by atoms with Crippen LogP contribution in [0.1, 0.15) is 11.1 Å². The number of aliphatic carboxylic acids is 1. The number of carbonyl (C=O) groups is 1. The van der Waals surface area contributed by atoms with Crippen LogP contribution < -0.4 is 9.64 Å². The van der Waals surface area contributed by atoms with Crippen molar-refractivity contribution < 1.29 is 14.6 Å². The molecule has 1 unspecified atom stereocenters. The second-order valence-corrected chi connectivity index (χ2v) is 6.73. The number of hydrogen-bond donors (Lipinski definition) is 1. The zero-order chi connectivity index (χ0) is 18.5. The number of anilines is 1. The largest absolute Gasteiger partial charge is 0.496 e. The summed E-state index contributed by atoms with van der Waals surface area (Å²) in [5, 5.41) is 9.81. The summed E-state index contributed by atoms with van der Waals surface area (Å²) in [4.78, 5) is 16.3. The van der Waals surface area contributed by atoms with Crippen molar-refractivity contribution in [1.29, 1.82) is 0 Å². The van der Waals surface area contributed by atoms with Crippen molar-refractivity contribution in [3.63, 3.8) is 0 Å². The van der Waals surface area contributed by atoms with E-state index < -0.39 is 12.0 Å². The molecule has 0 aromatic heterocycles. The standard InChI is InChI=1S/C21H26N2O3/c1-16-8-9-20(26-2)17(14-16)15-19(21(24)25)23-12-10-22(11-13-23)18-6-4-3-5-7-18/h3-9,14,19H,10-13,15H2,1-2H3,(H,24,25). The van der Waals surface area contributed by atoms with Crippen molar-refractivity contribution in [2.75, 3.05) is 38.2 Å². The van der Waals surface area contributed by atoms with Gasteiger partial charge in [0.05, 0.1) is 7.11 Å². The van der Waals surface area contributed by atoms with Crippen LogP contribution in [-0.2, 0) is 11.2 Å². The van der Waals surface area contributed by atoms with Gasteiger partial charge in [-0.25, -0.2) is 0 Å². The van der Waals surface area contributed by atoms with Gasteiger partial charge in [0.15, 0.2) is 0 Å². The molecule has 1 heterocycles.